The molecule has 0 radical (unpaired) electrons. The van der Waals surface area contributed by atoms with Crippen molar-refractivity contribution in [3.8, 4) is 5.75 Å². The zero-order chi connectivity index (χ0) is 20.6. The minimum Gasteiger partial charge on any atom is -0.492 e. The van der Waals surface area contributed by atoms with Crippen LogP contribution in [0.2, 0.25) is 0 Å². The quantitative estimate of drug-likeness (QED) is 0.682. The lowest BCUT2D eigenvalue weighted by atomic mass is 9.89. The first-order chi connectivity index (χ1) is 14.0. The van der Waals surface area contributed by atoms with Crippen LogP contribution in [0.5, 0.6) is 5.75 Å². The Labute approximate surface area is 172 Å². The number of likely N-dealkylation sites (tertiary alicyclic amines) is 1. The molecule has 1 fully saturated rings. The summed E-state index contributed by atoms with van der Waals surface area (Å²) in [6.45, 7) is 4.27. The molecule has 2 atom stereocenters. The molecule has 0 bridgehead atoms. The molecular weight excluding hydrogens is 366 g/mol. The van der Waals surface area contributed by atoms with E-state index in [2.05, 4.69) is 4.90 Å². The minimum atomic E-state index is -0.934. The second kappa shape index (κ2) is 10.2. The van der Waals surface area contributed by atoms with E-state index in [4.69, 9.17) is 9.84 Å². The lowest BCUT2D eigenvalue weighted by Crippen LogP contribution is -2.46. The number of nitrogens with zero attached hydrogens (tertiary/aromatic N) is 1. The second-order valence-corrected chi connectivity index (χ2v) is 7.71. The van der Waals surface area contributed by atoms with E-state index in [9.17, 15) is 9.59 Å². The predicted octanol–water partition coefficient (Wildman–Crippen LogP) is 4.38. The molecule has 0 saturated carbocycles. The summed E-state index contributed by atoms with van der Waals surface area (Å²) in [5.74, 6) is 0.246. The van der Waals surface area contributed by atoms with Crippen LogP contribution in [-0.4, -0.2) is 47.5 Å². The number of ether oxygens (including phenoxy) is 1. The van der Waals surface area contributed by atoms with E-state index >= 15 is 0 Å². The molecule has 1 saturated heterocycles. The Bertz CT molecular complexity index is 803. The number of Topliss-reactive ketones (excluding diaryl/α,β-unsaturated/α-hetero) is 1. The number of rotatable bonds is 9. The fourth-order valence-electron chi connectivity index (χ4n) is 3.93. The molecule has 1 N–H and O–H groups in total. The number of benzene rings is 2. The first-order valence-corrected chi connectivity index (χ1v) is 10.3. The van der Waals surface area contributed by atoms with Gasteiger partial charge in [-0.15, -0.1) is 0 Å². The zero-order valence-electron chi connectivity index (χ0n) is 16.9. The van der Waals surface area contributed by atoms with Gasteiger partial charge in [0.15, 0.2) is 5.78 Å². The van der Waals surface area contributed by atoms with Gasteiger partial charge in [-0.2, -0.15) is 0 Å². The zero-order valence-corrected chi connectivity index (χ0v) is 16.9. The fourth-order valence-corrected chi connectivity index (χ4v) is 3.93. The van der Waals surface area contributed by atoms with Gasteiger partial charge >= 0.3 is 5.97 Å². The molecule has 0 aliphatic carbocycles. The Hall–Kier alpha value is -2.66. The first kappa shape index (κ1) is 21.1. The van der Waals surface area contributed by atoms with Crippen LogP contribution in [0.3, 0.4) is 0 Å². The van der Waals surface area contributed by atoms with E-state index in [0.29, 0.717) is 13.0 Å². The Morgan fingerprint density at radius 3 is 2.52 bits per heavy atom. The van der Waals surface area contributed by atoms with Crippen molar-refractivity contribution < 1.29 is 19.4 Å². The highest BCUT2D eigenvalue weighted by molar-refractivity contribution is 5.87. The number of para-hydroxylation sites is 1. The molecule has 0 amide bonds. The van der Waals surface area contributed by atoms with Crippen molar-refractivity contribution in [2.24, 2.45) is 0 Å². The molecule has 29 heavy (non-hydrogen) atoms. The van der Waals surface area contributed by atoms with Crippen molar-refractivity contribution in [1.29, 1.82) is 0 Å². The molecule has 0 spiro atoms. The average molecular weight is 395 g/mol. The summed E-state index contributed by atoms with van der Waals surface area (Å²) in [6.07, 6.45) is 3.55. The third kappa shape index (κ3) is 5.91. The Morgan fingerprint density at radius 1 is 1.10 bits per heavy atom. The van der Waals surface area contributed by atoms with E-state index in [1.807, 2.05) is 49.4 Å². The Balaban J connectivity index is 1.54. The van der Waals surface area contributed by atoms with Crippen LogP contribution in [0, 0.1) is 0 Å². The van der Waals surface area contributed by atoms with Gasteiger partial charge in [0.05, 0.1) is 11.6 Å². The van der Waals surface area contributed by atoms with Crippen molar-refractivity contribution in [3.05, 3.63) is 65.7 Å². The maximum absolute atomic E-state index is 13.0. The highest BCUT2D eigenvalue weighted by atomic mass is 16.5. The molecule has 5 nitrogen and oxygen atoms in total. The average Bonchev–Trinajstić information content (AvgIpc) is 2.75. The SMILES string of the molecule is C[C@H](CC(=O)[C@H]1CCCCN1CCOc1ccccc1)c1ccc(C(=O)O)cc1. The van der Waals surface area contributed by atoms with Crippen LogP contribution in [0.25, 0.3) is 0 Å². The Kier molecular flexibility index (Phi) is 7.42. The molecule has 0 aromatic heterocycles. The van der Waals surface area contributed by atoms with Gasteiger partial charge in [0.1, 0.15) is 12.4 Å². The van der Waals surface area contributed by atoms with E-state index in [1.165, 1.54) is 0 Å². The maximum Gasteiger partial charge on any atom is 0.335 e. The number of hydrogen-bond acceptors (Lipinski definition) is 4. The number of carboxylic acid groups (broad SMARTS) is 1. The monoisotopic (exact) mass is 395 g/mol. The van der Waals surface area contributed by atoms with Gasteiger partial charge in [0.2, 0.25) is 0 Å². The normalized spacial score (nSPS) is 18.2. The summed E-state index contributed by atoms with van der Waals surface area (Å²) in [5.41, 5.74) is 1.27. The van der Waals surface area contributed by atoms with Crippen molar-refractivity contribution >= 4 is 11.8 Å². The van der Waals surface area contributed by atoms with Gasteiger partial charge in [-0.25, -0.2) is 4.79 Å². The van der Waals surface area contributed by atoms with Crippen molar-refractivity contribution in [3.63, 3.8) is 0 Å². The standard InChI is InChI=1S/C24H29NO4/c1-18(19-10-12-20(13-11-19)24(27)28)17-23(26)22-9-5-6-14-25(22)15-16-29-21-7-3-2-4-8-21/h2-4,7-8,10-13,18,22H,5-6,9,14-17H2,1H3,(H,27,28)/t18-,22-/m1/s1. The number of carboxylic acids is 1. The maximum atomic E-state index is 13.0. The summed E-state index contributed by atoms with van der Waals surface area (Å²) in [6, 6.07) is 16.5. The predicted molar refractivity (Wildman–Crippen MR) is 113 cm³/mol. The first-order valence-electron chi connectivity index (χ1n) is 10.3. The van der Waals surface area contributed by atoms with Crippen LogP contribution in [0.15, 0.2) is 54.6 Å². The number of carbonyl (C=O) groups excluding carboxylic acids is 1. The molecular formula is C24H29NO4. The number of carbonyl (C=O) groups is 2. The van der Waals surface area contributed by atoms with Gasteiger partial charge in [0, 0.05) is 13.0 Å². The largest absolute Gasteiger partial charge is 0.492 e. The molecule has 2 aromatic rings. The van der Waals surface area contributed by atoms with Crippen molar-refractivity contribution in [2.75, 3.05) is 19.7 Å². The number of hydrogen-bond donors (Lipinski definition) is 1. The number of aromatic carboxylic acids is 1. The number of piperidine rings is 1. The smallest absolute Gasteiger partial charge is 0.335 e. The highest BCUT2D eigenvalue weighted by Gasteiger charge is 2.29. The van der Waals surface area contributed by atoms with E-state index in [0.717, 1.165) is 43.7 Å². The molecule has 1 heterocycles. The fraction of sp³-hybridized carbons (Fsp3) is 0.417. The molecule has 5 heteroatoms. The van der Waals surface area contributed by atoms with E-state index in [1.54, 1.807) is 12.1 Å². The third-order valence-electron chi connectivity index (χ3n) is 5.61. The van der Waals surface area contributed by atoms with Gasteiger partial charge in [0.25, 0.3) is 0 Å². The van der Waals surface area contributed by atoms with Gasteiger partial charge in [-0.1, -0.05) is 43.7 Å². The second-order valence-electron chi connectivity index (χ2n) is 7.71. The summed E-state index contributed by atoms with van der Waals surface area (Å²) in [7, 11) is 0. The lowest BCUT2D eigenvalue weighted by Gasteiger charge is -2.35. The topological polar surface area (TPSA) is 66.8 Å². The summed E-state index contributed by atoms with van der Waals surface area (Å²) < 4.78 is 5.82. The third-order valence-corrected chi connectivity index (χ3v) is 5.61. The van der Waals surface area contributed by atoms with Crippen LogP contribution >= 0.6 is 0 Å². The van der Waals surface area contributed by atoms with Crippen LogP contribution in [0.4, 0.5) is 0 Å². The van der Waals surface area contributed by atoms with Gasteiger partial charge < -0.3 is 9.84 Å². The molecule has 0 unspecified atom stereocenters. The van der Waals surface area contributed by atoms with Crippen LogP contribution in [0.1, 0.15) is 54.4 Å². The van der Waals surface area contributed by atoms with E-state index in [-0.39, 0.29) is 23.3 Å². The van der Waals surface area contributed by atoms with Crippen molar-refractivity contribution in [1.82, 2.24) is 4.90 Å². The summed E-state index contributed by atoms with van der Waals surface area (Å²) in [4.78, 5) is 26.3. The van der Waals surface area contributed by atoms with Crippen LogP contribution in [-0.2, 0) is 4.79 Å². The molecule has 2 aromatic carbocycles. The van der Waals surface area contributed by atoms with Crippen molar-refractivity contribution in [2.45, 2.75) is 44.6 Å². The number of ketones is 1. The minimum absolute atomic E-state index is 0.0520. The Morgan fingerprint density at radius 2 is 1.83 bits per heavy atom. The van der Waals surface area contributed by atoms with E-state index < -0.39 is 5.97 Å². The highest BCUT2D eigenvalue weighted by Crippen LogP contribution is 2.25. The molecule has 1 aliphatic rings. The molecule has 3 rings (SSSR count). The molecule has 154 valence electrons. The molecule has 1 aliphatic heterocycles. The summed E-state index contributed by atoms with van der Waals surface area (Å²) >= 11 is 0. The van der Waals surface area contributed by atoms with Crippen LogP contribution < -0.4 is 4.74 Å². The summed E-state index contributed by atoms with van der Waals surface area (Å²) in [5, 5.41) is 9.03. The van der Waals surface area contributed by atoms with Gasteiger partial charge in [-0.3, -0.25) is 9.69 Å². The lowest BCUT2D eigenvalue weighted by molar-refractivity contribution is -0.126. The van der Waals surface area contributed by atoms with Gasteiger partial charge in [-0.05, 0) is 55.1 Å².